The average Bonchev–Trinajstić information content (AvgIpc) is 4.19. The lowest BCUT2D eigenvalue weighted by Crippen LogP contribution is -2.45. The average molecular weight is 1010 g/mol. The van der Waals surface area contributed by atoms with E-state index >= 15 is 0 Å². The molecule has 0 bridgehead atoms. The van der Waals surface area contributed by atoms with Crippen LogP contribution in [-0.2, 0) is 49.4 Å². The van der Waals surface area contributed by atoms with Crippen molar-refractivity contribution in [1.82, 2.24) is 10.2 Å². The number of nitrogens with two attached hydrogens (primary N) is 1. The monoisotopic (exact) mass is 1010 g/mol. The SMILES string of the molecule is C.CC(C)N.COCCc1ccc(OC2CO2)cc1.COCCc1ccc(OCC(O)CN(CC(O)COc2ccc(CCOC)cc2)C(C)C)cc1.COCCc1ccc(OCC(O)CNC(C)C)cc1. The largest absolute Gasteiger partial charge is 0.491 e. The van der Waals surface area contributed by atoms with Gasteiger partial charge in [0.05, 0.1) is 26.4 Å². The minimum absolute atomic E-state index is 0. The van der Waals surface area contributed by atoms with E-state index in [4.69, 9.17) is 48.4 Å². The molecule has 1 heterocycles. The summed E-state index contributed by atoms with van der Waals surface area (Å²) >= 11 is 0. The fraction of sp³-hybridized carbons (Fsp3) is 0.579. The molecule has 5 rings (SSSR count). The Morgan fingerprint density at radius 3 is 1.08 bits per heavy atom. The van der Waals surface area contributed by atoms with Crippen LogP contribution in [0.15, 0.2) is 97.1 Å². The van der Waals surface area contributed by atoms with Crippen molar-refractivity contribution in [3.63, 3.8) is 0 Å². The summed E-state index contributed by atoms with van der Waals surface area (Å²) in [5.41, 5.74) is 9.95. The molecule has 1 aliphatic rings. The maximum Gasteiger partial charge on any atom is 0.223 e. The fourth-order valence-electron chi connectivity index (χ4n) is 6.28. The summed E-state index contributed by atoms with van der Waals surface area (Å²) in [4.78, 5) is 2.03. The Labute approximate surface area is 433 Å². The number of benzene rings is 4. The highest BCUT2D eigenvalue weighted by Gasteiger charge is 2.24. The van der Waals surface area contributed by atoms with E-state index in [0.29, 0.717) is 58.1 Å². The molecule has 1 fully saturated rings. The van der Waals surface area contributed by atoms with E-state index in [1.807, 2.05) is 131 Å². The van der Waals surface area contributed by atoms with Crippen LogP contribution in [0.4, 0.5) is 0 Å². The Morgan fingerprint density at radius 1 is 0.528 bits per heavy atom. The van der Waals surface area contributed by atoms with Gasteiger partial charge in [0.2, 0.25) is 6.29 Å². The number of hydrogen-bond acceptors (Lipinski definition) is 15. The molecule has 15 nitrogen and oxygen atoms in total. The lowest BCUT2D eigenvalue weighted by atomic mass is 10.1. The molecule has 0 amide bonds. The van der Waals surface area contributed by atoms with Crippen LogP contribution >= 0.6 is 0 Å². The quantitative estimate of drug-likeness (QED) is 0.0319. The molecule has 0 aliphatic carbocycles. The van der Waals surface area contributed by atoms with Gasteiger partial charge in [-0.15, -0.1) is 0 Å². The van der Waals surface area contributed by atoms with Gasteiger partial charge in [-0.25, -0.2) is 0 Å². The lowest BCUT2D eigenvalue weighted by Gasteiger charge is -2.30. The molecule has 0 radical (unpaired) electrons. The van der Waals surface area contributed by atoms with Crippen molar-refractivity contribution in [2.24, 2.45) is 5.73 Å². The summed E-state index contributed by atoms with van der Waals surface area (Å²) in [6, 6.07) is 32.4. The normalized spacial score (nSPS) is 13.9. The van der Waals surface area contributed by atoms with E-state index in [1.165, 1.54) is 22.3 Å². The maximum atomic E-state index is 10.5. The van der Waals surface area contributed by atoms with Gasteiger partial charge in [-0.2, -0.15) is 0 Å². The van der Waals surface area contributed by atoms with Gasteiger partial charge < -0.3 is 69.0 Å². The molecule has 0 aromatic heterocycles. The van der Waals surface area contributed by atoms with Crippen molar-refractivity contribution in [3.8, 4) is 23.0 Å². The van der Waals surface area contributed by atoms with Crippen LogP contribution in [0, 0.1) is 0 Å². The number of rotatable bonds is 31. The van der Waals surface area contributed by atoms with Crippen molar-refractivity contribution < 1.29 is 58.0 Å². The molecule has 0 saturated carbocycles. The van der Waals surface area contributed by atoms with Gasteiger partial charge in [0.25, 0.3) is 0 Å². The minimum Gasteiger partial charge on any atom is -0.491 e. The second kappa shape index (κ2) is 40.1. The number of epoxide rings is 1. The number of nitrogens with zero attached hydrogens (tertiary/aromatic N) is 1. The van der Waals surface area contributed by atoms with Crippen LogP contribution < -0.4 is 30.0 Å². The number of ether oxygens (including phenoxy) is 9. The Hall–Kier alpha value is -4.36. The van der Waals surface area contributed by atoms with Gasteiger partial charge in [-0.05, 0) is 116 Å². The zero-order valence-electron chi connectivity index (χ0n) is 44.4. The molecule has 4 atom stereocenters. The van der Waals surface area contributed by atoms with Crippen LogP contribution in [0.25, 0.3) is 0 Å². The van der Waals surface area contributed by atoms with E-state index in [0.717, 1.165) is 61.9 Å². The number of hydrogen-bond donors (Lipinski definition) is 5. The van der Waals surface area contributed by atoms with Crippen LogP contribution in [-0.4, -0.2) is 164 Å². The van der Waals surface area contributed by atoms with Crippen LogP contribution in [0.5, 0.6) is 23.0 Å². The highest BCUT2D eigenvalue weighted by Crippen LogP contribution is 2.20. The highest BCUT2D eigenvalue weighted by atomic mass is 16.8. The van der Waals surface area contributed by atoms with Crippen molar-refractivity contribution in [2.45, 2.75) is 117 Å². The third-order valence-corrected chi connectivity index (χ3v) is 10.4. The summed E-state index contributed by atoms with van der Waals surface area (Å²) in [7, 11) is 6.79. The summed E-state index contributed by atoms with van der Waals surface area (Å²) in [6.45, 7) is 17.6. The van der Waals surface area contributed by atoms with Crippen LogP contribution in [0.3, 0.4) is 0 Å². The van der Waals surface area contributed by atoms with Gasteiger partial charge in [0.15, 0.2) is 0 Å². The molecule has 72 heavy (non-hydrogen) atoms. The van der Waals surface area contributed by atoms with Gasteiger partial charge in [-0.1, -0.05) is 83.7 Å². The zero-order valence-corrected chi connectivity index (χ0v) is 44.4. The van der Waals surface area contributed by atoms with Crippen LogP contribution in [0.1, 0.15) is 71.2 Å². The standard InChI is InChI=1S/C27H41NO6.C15H25NO3.C11H14O3.C3H9N.CH4/c1-21(2)28(17-24(29)19-33-26-9-5-22(6-10-26)13-15-31-3)18-25(30)20-34-27-11-7-23(8-12-27)14-16-32-4;1-12(2)16-10-14(17)11-19-15-6-4-13(5-7-15)8-9-18-3;1-12-7-6-9-2-4-10(5-3-9)14-11-8-13-11;1-3(2)4;/h5-12,21,24-25,29-30H,13-20H2,1-4H3;4-7,12,14,16-17H,8-11H2,1-3H3;2-5,11H,6-8H2,1H3;3H,4H2,1-2H3;1H4. The van der Waals surface area contributed by atoms with Gasteiger partial charge in [0.1, 0.15) is 67.7 Å². The Balaban J connectivity index is 0.000000570. The topological polar surface area (TPSA) is 188 Å². The molecule has 1 saturated heterocycles. The molecule has 4 aromatic carbocycles. The number of nitrogens with one attached hydrogen (secondary N) is 1. The lowest BCUT2D eigenvalue weighted by molar-refractivity contribution is 0.0196. The Bertz CT molecular complexity index is 1780. The van der Waals surface area contributed by atoms with E-state index in [9.17, 15) is 15.3 Å². The molecule has 4 unspecified atom stereocenters. The Kier molecular flexibility index (Phi) is 36.5. The fourth-order valence-corrected chi connectivity index (χ4v) is 6.28. The van der Waals surface area contributed by atoms with E-state index in [-0.39, 0.29) is 33.0 Å². The highest BCUT2D eigenvalue weighted by molar-refractivity contribution is 5.30. The molecule has 1 aliphatic heterocycles. The van der Waals surface area contributed by atoms with E-state index in [1.54, 1.807) is 28.4 Å². The first-order chi connectivity index (χ1) is 34.1. The number of aliphatic hydroxyl groups excluding tert-OH is 3. The molecule has 0 spiro atoms. The first kappa shape index (κ1) is 65.7. The first-order valence-corrected chi connectivity index (χ1v) is 24.9. The molecule has 6 N–H and O–H groups in total. The number of aliphatic hydroxyl groups is 3. The summed E-state index contributed by atoms with van der Waals surface area (Å²) < 4.78 is 47.7. The summed E-state index contributed by atoms with van der Waals surface area (Å²) in [6.07, 6.45) is 1.69. The molecular formula is C57H93N3O12. The van der Waals surface area contributed by atoms with Gasteiger partial charge in [-0.3, -0.25) is 4.90 Å². The van der Waals surface area contributed by atoms with E-state index < -0.39 is 18.3 Å². The molecule has 408 valence electrons. The third-order valence-electron chi connectivity index (χ3n) is 10.4. The first-order valence-electron chi connectivity index (χ1n) is 24.9. The van der Waals surface area contributed by atoms with Crippen molar-refractivity contribution >= 4 is 0 Å². The summed E-state index contributed by atoms with van der Waals surface area (Å²) in [5.74, 6) is 3.09. The Morgan fingerprint density at radius 2 is 0.819 bits per heavy atom. The van der Waals surface area contributed by atoms with Crippen molar-refractivity contribution in [3.05, 3.63) is 119 Å². The molecular weight excluding hydrogens is 919 g/mol. The summed E-state index contributed by atoms with van der Waals surface area (Å²) in [5, 5.41) is 33.9. The van der Waals surface area contributed by atoms with Crippen molar-refractivity contribution in [2.75, 3.05) is 101 Å². The second-order valence-corrected chi connectivity index (χ2v) is 18.2. The zero-order chi connectivity index (χ0) is 52.2. The number of methoxy groups -OCH3 is 4. The third kappa shape index (κ3) is 33.4. The maximum absolute atomic E-state index is 10.5. The second-order valence-electron chi connectivity index (χ2n) is 18.2. The smallest absolute Gasteiger partial charge is 0.223 e. The predicted molar refractivity (Wildman–Crippen MR) is 289 cm³/mol. The van der Waals surface area contributed by atoms with Gasteiger partial charge >= 0.3 is 0 Å². The van der Waals surface area contributed by atoms with Gasteiger partial charge in [0, 0.05) is 60.2 Å². The predicted octanol–water partition coefficient (Wildman–Crippen LogP) is 7.17. The van der Waals surface area contributed by atoms with Crippen molar-refractivity contribution in [1.29, 1.82) is 0 Å². The van der Waals surface area contributed by atoms with E-state index in [2.05, 4.69) is 17.4 Å². The molecule has 15 heteroatoms. The molecule has 4 aromatic rings. The van der Waals surface area contributed by atoms with Crippen LogP contribution in [0.2, 0.25) is 0 Å². The minimum atomic E-state index is -0.677.